The number of amides is 1. The highest BCUT2D eigenvalue weighted by Crippen LogP contribution is 2.37. The number of rotatable bonds is 5. The lowest BCUT2D eigenvalue weighted by atomic mass is 10.2. The van der Waals surface area contributed by atoms with Gasteiger partial charge in [-0.1, -0.05) is 23.7 Å². The van der Waals surface area contributed by atoms with Crippen molar-refractivity contribution in [2.75, 3.05) is 16.2 Å². The number of ether oxygens (including phenoxy) is 1. The molecule has 1 atom stereocenters. The molecule has 8 nitrogen and oxygen atoms in total. The van der Waals surface area contributed by atoms with Gasteiger partial charge in [-0.2, -0.15) is 0 Å². The topological polar surface area (TPSA) is 113 Å². The maximum Gasteiger partial charge on any atom is 0.335 e. The molecular formula is C22H17ClN2O6S. The molecule has 0 radical (unpaired) electrons. The maximum absolute atomic E-state index is 13.3. The van der Waals surface area contributed by atoms with Gasteiger partial charge in [0.25, 0.3) is 15.9 Å². The quantitative estimate of drug-likeness (QED) is 0.586. The van der Waals surface area contributed by atoms with E-state index >= 15 is 0 Å². The largest absolute Gasteiger partial charge is 0.478 e. The third-order valence-electron chi connectivity index (χ3n) is 4.83. The Morgan fingerprint density at radius 2 is 1.66 bits per heavy atom. The highest BCUT2D eigenvalue weighted by Gasteiger charge is 2.37. The second-order valence-electron chi connectivity index (χ2n) is 6.94. The molecule has 4 rings (SSSR count). The minimum atomic E-state index is -4.00. The molecule has 1 aliphatic rings. The standard InChI is InChI=1S/C22H17ClN2O6S/c23-15-7-11-17(12-8-15)32(29,30)25-13-20(31-19-4-2-1-3-18(19)25)21(26)24-16-9-5-14(6-10-16)22(27)28/h1-12,20H,13H2,(H,24,26)(H,27,28). The average Bonchev–Trinajstić information content (AvgIpc) is 2.79. The first-order chi connectivity index (χ1) is 15.3. The van der Waals surface area contributed by atoms with E-state index in [1.807, 2.05) is 0 Å². The molecule has 10 heteroatoms. The van der Waals surface area contributed by atoms with Crippen LogP contribution < -0.4 is 14.4 Å². The van der Waals surface area contributed by atoms with Gasteiger partial charge in [0.15, 0.2) is 6.10 Å². The third kappa shape index (κ3) is 4.25. The highest BCUT2D eigenvalue weighted by atomic mass is 35.5. The summed E-state index contributed by atoms with van der Waals surface area (Å²) in [4.78, 5) is 23.9. The van der Waals surface area contributed by atoms with Crippen LogP contribution in [0, 0.1) is 0 Å². The van der Waals surface area contributed by atoms with E-state index in [2.05, 4.69) is 5.32 Å². The molecule has 3 aromatic rings. The molecular weight excluding hydrogens is 456 g/mol. The summed E-state index contributed by atoms with van der Waals surface area (Å²) < 4.78 is 33.6. The van der Waals surface area contributed by atoms with Crippen LogP contribution in [-0.2, 0) is 14.8 Å². The fourth-order valence-electron chi connectivity index (χ4n) is 3.22. The van der Waals surface area contributed by atoms with Crippen LogP contribution in [0.25, 0.3) is 0 Å². The number of halogens is 1. The number of carbonyl (C=O) groups is 2. The van der Waals surface area contributed by atoms with Gasteiger partial charge in [0.05, 0.1) is 22.7 Å². The second-order valence-corrected chi connectivity index (χ2v) is 9.23. The second kappa shape index (κ2) is 8.52. The van der Waals surface area contributed by atoms with Gasteiger partial charge in [0.2, 0.25) is 0 Å². The number of sulfonamides is 1. The van der Waals surface area contributed by atoms with Crippen LogP contribution in [0.1, 0.15) is 10.4 Å². The van der Waals surface area contributed by atoms with E-state index in [0.29, 0.717) is 16.4 Å². The number of benzene rings is 3. The Kier molecular flexibility index (Phi) is 5.77. The fraction of sp³-hybridized carbons (Fsp3) is 0.0909. The summed E-state index contributed by atoms with van der Waals surface area (Å²) in [5.74, 6) is -1.41. The van der Waals surface area contributed by atoms with E-state index in [1.54, 1.807) is 24.3 Å². The molecule has 1 heterocycles. The summed E-state index contributed by atoms with van der Waals surface area (Å²) in [5, 5.41) is 12.0. The number of para-hydroxylation sites is 2. The number of carboxylic acid groups (broad SMARTS) is 1. The number of hydrogen-bond donors (Lipinski definition) is 2. The Morgan fingerprint density at radius 1 is 1.00 bits per heavy atom. The Balaban J connectivity index is 1.62. The number of fused-ring (bicyclic) bond motifs is 1. The number of aromatic carboxylic acids is 1. The molecule has 0 saturated carbocycles. The summed E-state index contributed by atoms with van der Waals surface area (Å²) in [6.45, 7) is -0.249. The van der Waals surface area contributed by atoms with E-state index in [4.69, 9.17) is 21.4 Å². The summed E-state index contributed by atoms with van der Waals surface area (Å²) in [5.41, 5.74) is 0.748. The van der Waals surface area contributed by atoms with Crippen molar-refractivity contribution in [2.24, 2.45) is 0 Å². The Morgan fingerprint density at radius 3 is 2.31 bits per heavy atom. The highest BCUT2D eigenvalue weighted by molar-refractivity contribution is 7.92. The Hall–Kier alpha value is -3.56. The molecule has 2 N–H and O–H groups in total. The zero-order chi connectivity index (χ0) is 22.9. The number of carboxylic acids is 1. The molecule has 0 aliphatic carbocycles. The Bertz CT molecular complexity index is 1280. The van der Waals surface area contributed by atoms with Crippen LogP contribution in [0.3, 0.4) is 0 Å². The molecule has 0 saturated heterocycles. The van der Waals surface area contributed by atoms with Crippen LogP contribution in [0.2, 0.25) is 5.02 Å². The molecule has 0 aromatic heterocycles. The van der Waals surface area contributed by atoms with Crippen LogP contribution in [0.4, 0.5) is 11.4 Å². The van der Waals surface area contributed by atoms with Crippen LogP contribution in [0.5, 0.6) is 5.75 Å². The summed E-state index contributed by atoms with van der Waals surface area (Å²) >= 11 is 5.88. The van der Waals surface area contributed by atoms with Gasteiger partial charge in [0.1, 0.15) is 5.75 Å². The van der Waals surface area contributed by atoms with Crippen molar-refractivity contribution >= 4 is 44.9 Å². The lowest BCUT2D eigenvalue weighted by Crippen LogP contribution is -2.48. The molecule has 0 fully saturated rings. The number of hydrogen-bond acceptors (Lipinski definition) is 5. The van der Waals surface area contributed by atoms with Crippen molar-refractivity contribution in [3.05, 3.63) is 83.4 Å². The van der Waals surface area contributed by atoms with Gasteiger partial charge in [-0.25, -0.2) is 13.2 Å². The van der Waals surface area contributed by atoms with Crippen LogP contribution in [0.15, 0.2) is 77.7 Å². The minimum Gasteiger partial charge on any atom is -0.478 e. The van der Waals surface area contributed by atoms with Crippen LogP contribution in [-0.4, -0.2) is 38.0 Å². The number of nitrogens with zero attached hydrogens (tertiary/aromatic N) is 1. The van der Waals surface area contributed by atoms with Crippen molar-refractivity contribution in [1.82, 2.24) is 0 Å². The van der Waals surface area contributed by atoms with Crippen LogP contribution >= 0.6 is 11.6 Å². The number of carbonyl (C=O) groups excluding carboxylic acids is 1. The summed E-state index contributed by atoms with van der Waals surface area (Å²) in [7, 11) is -4.00. The lowest BCUT2D eigenvalue weighted by molar-refractivity contribution is -0.122. The van der Waals surface area contributed by atoms with E-state index in [0.717, 1.165) is 4.31 Å². The van der Waals surface area contributed by atoms with E-state index in [1.165, 1.54) is 48.5 Å². The van der Waals surface area contributed by atoms with Crippen molar-refractivity contribution < 1.29 is 27.9 Å². The van der Waals surface area contributed by atoms with Gasteiger partial charge in [0, 0.05) is 10.7 Å². The number of anilines is 2. The normalized spacial score (nSPS) is 15.4. The lowest BCUT2D eigenvalue weighted by Gasteiger charge is -2.34. The monoisotopic (exact) mass is 472 g/mol. The summed E-state index contributed by atoms with van der Waals surface area (Å²) in [6.07, 6.45) is -1.13. The maximum atomic E-state index is 13.3. The molecule has 0 spiro atoms. The van der Waals surface area contributed by atoms with Crippen molar-refractivity contribution in [3.8, 4) is 5.75 Å². The third-order valence-corrected chi connectivity index (χ3v) is 6.87. The predicted octanol–water partition coefficient (Wildman–Crippen LogP) is 3.63. The van der Waals surface area contributed by atoms with Crippen molar-refractivity contribution in [1.29, 1.82) is 0 Å². The van der Waals surface area contributed by atoms with E-state index in [9.17, 15) is 18.0 Å². The predicted molar refractivity (Wildman–Crippen MR) is 119 cm³/mol. The molecule has 32 heavy (non-hydrogen) atoms. The van der Waals surface area contributed by atoms with Gasteiger partial charge < -0.3 is 15.2 Å². The molecule has 3 aromatic carbocycles. The zero-order valence-corrected chi connectivity index (χ0v) is 18.0. The summed E-state index contributed by atoms with van der Waals surface area (Å²) in [6, 6.07) is 17.9. The average molecular weight is 473 g/mol. The SMILES string of the molecule is O=C(O)c1ccc(NC(=O)C2CN(S(=O)(=O)c3ccc(Cl)cc3)c3ccccc3O2)cc1. The zero-order valence-electron chi connectivity index (χ0n) is 16.4. The molecule has 0 bridgehead atoms. The first kappa shape index (κ1) is 21.7. The van der Waals surface area contributed by atoms with E-state index in [-0.39, 0.29) is 22.8 Å². The Labute approximate surface area is 189 Å². The molecule has 1 unspecified atom stereocenters. The molecule has 1 aliphatic heterocycles. The minimum absolute atomic E-state index is 0.0296. The van der Waals surface area contributed by atoms with Gasteiger partial charge in [-0.05, 0) is 60.7 Å². The van der Waals surface area contributed by atoms with E-state index < -0.39 is 28.0 Å². The van der Waals surface area contributed by atoms with Gasteiger partial charge in [-0.3, -0.25) is 9.10 Å². The molecule has 1 amide bonds. The van der Waals surface area contributed by atoms with Gasteiger partial charge in [-0.15, -0.1) is 0 Å². The van der Waals surface area contributed by atoms with Gasteiger partial charge >= 0.3 is 5.97 Å². The first-order valence-corrected chi connectivity index (χ1v) is 11.3. The smallest absolute Gasteiger partial charge is 0.335 e. The first-order valence-electron chi connectivity index (χ1n) is 9.44. The molecule has 164 valence electrons. The van der Waals surface area contributed by atoms with Crippen molar-refractivity contribution in [2.45, 2.75) is 11.0 Å². The van der Waals surface area contributed by atoms with Crippen molar-refractivity contribution in [3.63, 3.8) is 0 Å². The fourth-order valence-corrected chi connectivity index (χ4v) is 4.82. The number of nitrogens with one attached hydrogen (secondary N) is 1.